The molecule has 0 aliphatic heterocycles. The Balaban J connectivity index is 2.10. The average molecular weight is 281 g/mol. The second-order valence-corrected chi connectivity index (χ2v) is 4.98. The van der Waals surface area contributed by atoms with Crippen molar-refractivity contribution in [2.75, 3.05) is 13.7 Å². The molecule has 1 fully saturated rings. The summed E-state index contributed by atoms with van der Waals surface area (Å²) in [5.74, 6) is -0.668. The van der Waals surface area contributed by atoms with E-state index < -0.39 is 5.97 Å². The summed E-state index contributed by atoms with van der Waals surface area (Å²) in [7, 11) is 1.59. The van der Waals surface area contributed by atoms with Gasteiger partial charge in [0.15, 0.2) is 5.76 Å². The Kier molecular flexibility index (Phi) is 4.44. The molecule has 2 N–H and O–H groups in total. The molecule has 20 heavy (non-hydrogen) atoms. The van der Waals surface area contributed by atoms with Crippen molar-refractivity contribution in [2.24, 2.45) is 5.92 Å². The van der Waals surface area contributed by atoms with Gasteiger partial charge in [-0.1, -0.05) is 6.92 Å². The lowest BCUT2D eigenvalue weighted by Crippen LogP contribution is -2.39. The van der Waals surface area contributed by atoms with E-state index in [4.69, 9.17) is 14.3 Å². The van der Waals surface area contributed by atoms with Crippen molar-refractivity contribution < 1.29 is 23.8 Å². The van der Waals surface area contributed by atoms with E-state index in [0.717, 1.165) is 12.8 Å². The molecule has 1 aliphatic rings. The number of furan rings is 1. The van der Waals surface area contributed by atoms with Crippen molar-refractivity contribution in [1.82, 2.24) is 5.32 Å². The molecule has 1 saturated carbocycles. The molecule has 6 heteroatoms. The van der Waals surface area contributed by atoms with Gasteiger partial charge in [0.2, 0.25) is 0 Å². The number of hydrogen-bond donors (Lipinski definition) is 2. The number of ether oxygens (including phenoxy) is 1. The van der Waals surface area contributed by atoms with E-state index in [1.165, 1.54) is 6.07 Å². The maximum Gasteiger partial charge on any atom is 0.339 e. The van der Waals surface area contributed by atoms with Crippen LogP contribution in [-0.4, -0.2) is 36.7 Å². The number of nitrogens with one attached hydrogen (secondary N) is 1. The first kappa shape index (κ1) is 14.6. The third-order valence-electron chi connectivity index (χ3n) is 3.44. The molecule has 0 saturated heterocycles. The Morgan fingerprint density at radius 3 is 2.70 bits per heavy atom. The van der Waals surface area contributed by atoms with E-state index in [-0.39, 0.29) is 23.3 Å². The molecule has 0 radical (unpaired) electrons. The van der Waals surface area contributed by atoms with Gasteiger partial charge < -0.3 is 19.6 Å². The zero-order valence-electron chi connectivity index (χ0n) is 11.6. The highest BCUT2D eigenvalue weighted by Gasteiger charge is 2.33. The molecule has 1 aliphatic carbocycles. The molecule has 1 atom stereocenters. The molecule has 1 amide bonds. The summed E-state index contributed by atoms with van der Waals surface area (Å²) >= 11 is 0. The lowest BCUT2D eigenvalue weighted by molar-refractivity contribution is 0.0694. The number of aryl methyl sites for hydroxylation is 1. The molecular formula is C14H19NO5. The van der Waals surface area contributed by atoms with Crippen molar-refractivity contribution in [3.63, 3.8) is 0 Å². The van der Waals surface area contributed by atoms with Crippen molar-refractivity contribution in [3.05, 3.63) is 23.2 Å². The summed E-state index contributed by atoms with van der Waals surface area (Å²) in [6.07, 6.45) is 2.58. The Morgan fingerprint density at radius 1 is 1.55 bits per heavy atom. The first-order valence-corrected chi connectivity index (χ1v) is 6.72. The lowest BCUT2D eigenvalue weighted by atomic mass is 10.2. The number of aromatic carboxylic acids is 1. The summed E-state index contributed by atoms with van der Waals surface area (Å²) in [6, 6.07) is 1.24. The standard InChI is InChI=1S/C14H19NO5/c1-3-11-9(14(17)18)6-12(20-11)13(16)15-10(7-19-2)8-4-5-8/h6,8,10H,3-5,7H2,1-2H3,(H,15,16)(H,17,18). The van der Waals surface area contributed by atoms with Gasteiger partial charge in [-0.05, 0) is 18.8 Å². The number of methoxy groups -OCH3 is 1. The minimum atomic E-state index is -1.08. The van der Waals surface area contributed by atoms with Crippen LogP contribution < -0.4 is 5.32 Å². The van der Waals surface area contributed by atoms with Gasteiger partial charge in [0, 0.05) is 19.6 Å². The Bertz CT molecular complexity index is 504. The highest BCUT2D eigenvalue weighted by molar-refractivity contribution is 5.96. The number of hydrogen-bond acceptors (Lipinski definition) is 4. The predicted molar refractivity (Wildman–Crippen MR) is 70.9 cm³/mol. The fourth-order valence-electron chi connectivity index (χ4n) is 2.20. The third-order valence-corrected chi connectivity index (χ3v) is 3.44. The molecule has 2 rings (SSSR count). The van der Waals surface area contributed by atoms with Crippen LogP contribution in [0.1, 0.15) is 46.4 Å². The number of amides is 1. The smallest absolute Gasteiger partial charge is 0.339 e. The summed E-state index contributed by atoms with van der Waals surface area (Å²) < 4.78 is 10.4. The fourth-order valence-corrected chi connectivity index (χ4v) is 2.20. The number of carbonyl (C=O) groups is 2. The number of carboxylic acids is 1. The number of rotatable bonds is 7. The highest BCUT2D eigenvalue weighted by atomic mass is 16.5. The summed E-state index contributed by atoms with van der Waals surface area (Å²) in [4.78, 5) is 23.2. The van der Waals surface area contributed by atoms with Crippen LogP contribution >= 0.6 is 0 Å². The molecule has 1 aromatic heterocycles. The zero-order chi connectivity index (χ0) is 14.7. The quantitative estimate of drug-likeness (QED) is 0.794. The highest BCUT2D eigenvalue weighted by Crippen LogP contribution is 2.33. The van der Waals surface area contributed by atoms with Gasteiger partial charge in [0.1, 0.15) is 11.3 Å². The molecule has 0 bridgehead atoms. The second-order valence-electron chi connectivity index (χ2n) is 4.98. The normalized spacial score (nSPS) is 15.9. The minimum Gasteiger partial charge on any atom is -0.478 e. The van der Waals surface area contributed by atoms with E-state index in [2.05, 4.69) is 5.32 Å². The maximum absolute atomic E-state index is 12.1. The predicted octanol–water partition coefficient (Wildman–Crippen LogP) is 1.70. The molecule has 110 valence electrons. The van der Waals surface area contributed by atoms with E-state index in [1.807, 2.05) is 0 Å². The van der Waals surface area contributed by atoms with E-state index in [9.17, 15) is 9.59 Å². The van der Waals surface area contributed by atoms with Crippen LogP contribution in [0.5, 0.6) is 0 Å². The zero-order valence-corrected chi connectivity index (χ0v) is 11.6. The molecule has 1 aromatic rings. The largest absolute Gasteiger partial charge is 0.478 e. The molecule has 1 heterocycles. The minimum absolute atomic E-state index is 0.0426. The molecule has 0 aromatic carbocycles. The van der Waals surface area contributed by atoms with E-state index in [0.29, 0.717) is 24.7 Å². The molecular weight excluding hydrogens is 262 g/mol. The van der Waals surface area contributed by atoms with Crippen molar-refractivity contribution in [2.45, 2.75) is 32.2 Å². The van der Waals surface area contributed by atoms with Crippen molar-refractivity contribution in [3.8, 4) is 0 Å². The maximum atomic E-state index is 12.1. The number of carbonyl (C=O) groups excluding carboxylic acids is 1. The third kappa shape index (κ3) is 3.19. The molecule has 1 unspecified atom stereocenters. The lowest BCUT2D eigenvalue weighted by Gasteiger charge is -2.16. The molecule has 6 nitrogen and oxygen atoms in total. The van der Waals surface area contributed by atoms with Crippen LogP contribution in [0.2, 0.25) is 0 Å². The Labute approximate surface area is 117 Å². The summed E-state index contributed by atoms with van der Waals surface area (Å²) in [5.41, 5.74) is 0.0485. The van der Waals surface area contributed by atoms with Gasteiger partial charge in [-0.25, -0.2) is 4.79 Å². The van der Waals surface area contributed by atoms with Gasteiger partial charge in [0.05, 0.1) is 12.6 Å². The van der Waals surface area contributed by atoms with Crippen LogP contribution in [-0.2, 0) is 11.2 Å². The van der Waals surface area contributed by atoms with Gasteiger partial charge in [-0.2, -0.15) is 0 Å². The second kappa shape index (κ2) is 6.09. The SMILES string of the molecule is CCc1oc(C(=O)NC(COC)C2CC2)cc1C(=O)O. The topological polar surface area (TPSA) is 88.8 Å². The fraction of sp³-hybridized carbons (Fsp3) is 0.571. The summed E-state index contributed by atoms with van der Waals surface area (Å²) in [6.45, 7) is 2.23. The van der Waals surface area contributed by atoms with Crippen molar-refractivity contribution in [1.29, 1.82) is 0 Å². The van der Waals surface area contributed by atoms with Gasteiger partial charge in [-0.3, -0.25) is 4.79 Å². The van der Waals surface area contributed by atoms with Gasteiger partial charge >= 0.3 is 5.97 Å². The Hall–Kier alpha value is -1.82. The van der Waals surface area contributed by atoms with Crippen LogP contribution in [0.4, 0.5) is 0 Å². The Morgan fingerprint density at radius 2 is 2.25 bits per heavy atom. The van der Waals surface area contributed by atoms with E-state index >= 15 is 0 Å². The number of carboxylic acid groups (broad SMARTS) is 1. The monoisotopic (exact) mass is 281 g/mol. The van der Waals surface area contributed by atoms with Gasteiger partial charge in [-0.15, -0.1) is 0 Å². The average Bonchev–Trinajstić information content (AvgIpc) is 3.16. The van der Waals surface area contributed by atoms with Crippen LogP contribution in [0, 0.1) is 5.92 Å². The molecule has 0 spiro atoms. The van der Waals surface area contributed by atoms with Crippen LogP contribution in [0.25, 0.3) is 0 Å². The van der Waals surface area contributed by atoms with Crippen molar-refractivity contribution >= 4 is 11.9 Å². The first-order chi connectivity index (χ1) is 9.56. The summed E-state index contributed by atoms with van der Waals surface area (Å²) in [5, 5.41) is 11.9. The van der Waals surface area contributed by atoms with Crippen LogP contribution in [0.15, 0.2) is 10.5 Å². The van der Waals surface area contributed by atoms with Gasteiger partial charge in [0.25, 0.3) is 5.91 Å². The van der Waals surface area contributed by atoms with Crippen LogP contribution in [0.3, 0.4) is 0 Å². The van der Waals surface area contributed by atoms with E-state index in [1.54, 1.807) is 14.0 Å². The first-order valence-electron chi connectivity index (χ1n) is 6.72.